The molecule has 0 radical (unpaired) electrons. The number of nitrogens with zero attached hydrogens (tertiary/aromatic N) is 2. The van der Waals surface area contributed by atoms with Gasteiger partial charge in [0.05, 0.1) is 16.6 Å². The predicted octanol–water partition coefficient (Wildman–Crippen LogP) is 4.98. The van der Waals surface area contributed by atoms with Gasteiger partial charge in [0.25, 0.3) is 0 Å². The number of rotatable bonds is 5. The second-order valence-electron chi connectivity index (χ2n) is 5.77. The summed E-state index contributed by atoms with van der Waals surface area (Å²) < 4.78 is 33.5. The van der Waals surface area contributed by atoms with Crippen LogP contribution in [0.25, 0.3) is 21.8 Å². The molecule has 0 aliphatic carbocycles. The summed E-state index contributed by atoms with van der Waals surface area (Å²) in [6.07, 6.45) is 0.716. The fourth-order valence-corrected chi connectivity index (χ4v) is 3.08. The van der Waals surface area contributed by atoms with Crippen LogP contribution in [0.3, 0.4) is 0 Å². The van der Waals surface area contributed by atoms with Gasteiger partial charge >= 0.3 is 6.55 Å². The van der Waals surface area contributed by atoms with E-state index in [-0.39, 0.29) is 12.4 Å². The van der Waals surface area contributed by atoms with Crippen LogP contribution in [0, 0.1) is 0 Å². The third-order valence-electron chi connectivity index (χ3n) is 4.27. The standard InChI is InChI=1S/C20H14F2N2O2/c21-20(22)24-17-8-4-3-7-16(17)23-19(24)12-26-18-10-9-13-5-1-2-6-14(13)15(18)11-25/h1-11,20H,12H2. The zero-order chi connectivity index (χ0) is 18.1. The van der Waals surface area contributed by atoms with E-state index in [2.05, 4.69) is 4.98 Å². The molecule has 4 rings (SSSR count). The number of aromatic nitrogens is 2. The van der Waals surface area contributed by atoms with Crippen LogP contribution in [0.15, 0.2) is 60.7 Å². The van der Waals surface area contributed by atoms with Crippen molar-refractivity contribution >= 4 is 28.1 Å². The summed E-state index contributed by atoms with van der Waals surface area (Å²) in [7, 11) is 0. The third-order valence-corrected chi connectivity index (χ3v) is 4.27. The molecule has 6 heteroatoms. The molecular formula is C20H14F2N2O2. The first-order valence-corrected chi connectivity index (χ1v) is 8.03. The van der Waals surface area contributed by atoms with Crippen LogP contribution in [-0.4, -0.2) is 15.8 Å². The minimum atomic E-state index is -2.73. The van der Waals surface area contributed by atoms with Gasteiger partial charge in [0.15, 0.2) is 12.1 Å². The Morgan fingerprint density at radius 2 is 1.81 bits per heavy atom. The predicted molar refractivity (Wildman–Crippen MR) is 94.7 cm³/mol. The molecular weight excluding hydrogens is 338 g/mol. The van der Waals surface area contributed by atoms with Gasteiger partial charge in [-0.15, -0.1) is 0 Å². The molecule has 0 saturated heterocycles. The zero-order valence-electron chi connectivity index (χ0n) is 13.6. The molecule has 0 aliphatic rings. The highest BCUT2D eigenvalue weighted by Crippen LogP contribution is 2.28. The summed E-state index contributed by atoms with van der Waals surface area (Å²) >= 11 is 0. The van der Waals surface area contributed by atoms with Gasteiger partial charge in [-0.25, -0.2) is 4.98 Å². The summed E-state index contributed by atoms with van der Waals surface area (Å²) in [5, 5.41) is 1.66. The molecule has 0 N–H and O–H groups in total. The van der Waals surface area contributed by atoms with Crippen molar-refractivity contribution in [2.75, 3.05) is 0 Å². The number of aldehydes is 1. The van der Waals surface area contributed by atoms with Gasteiger partial charge in [-0.1, -0.05) is 42.5 Å². The third kappa shape index (κ3) is 2.69. The minimum Gasteiger partial charge on any atom is -0.485 e. The lowest BCUT2D eigenvalue weighted by atomic mass is 10.0. The molecule has 0 atom stereocenters. The van der Waals surface area contributed by atoms with E-state index in [1.807, 2.05) is 30.3 Å². The van der Waals surface area contributed by atoms with E-state index < -0.39 is 6.55 Å². The molecule has 0 unspecified atom stereocenters. The number of imidazole rings is 1. The smallest absolute Gasteiger partial charge is 0.320 e. The van der Waals surface area contributed by atoms with Crippen LogP contribution in [0.5, 0.6) is 5.75 Å². The number of hydrogen-bond acceptors (Lipinski definition) is 3. The van der Waals surface area contributed by atoms with E-state index >= 15 is 0 Å². The number of carbonyl (C=O) groups excluding carboxylic acids is 1. The fraction of sp³-hybridized carbons (Fsp3) is 0.100. The molecule has 4 nitrogen and oxygen atoms in total. The highest BCUT2D eigenvalue weighted by Gasteiger charge is 2.18. The maximum Gasteiger partial charge on any atom is 0.320 e. The number of para-hydroxylation sites is 2. The summed E-state index contributed by atoms with van der Waals surface area (Å²) in [5.74, 6) is 0.442. The minimum absolute atomic E-state index is 0.103. The highest BCUT2D eigenvalue weighted by atomic mass is 19.3. The summed E-state index contributed by atoms with van der Waals surface area (Å²) in [5.41, 5.74) is 1.21. The molecule has 0 saturated carbocycles. The Morgan fingerprint density at radius 1 is 1.04 bits per heavy atom. The van der Waals surface area contributed by atoms with Crippen molar-refractivity contribution < 1.29 is 18.3 Å². The lowest BCUT2D eigenvalue weighted by Gasteiger charge is -2.12. The van der Waals surface area contributed by atoms with Crippen LogP contribution < -0.4 is 4.74 Å². The van der Waals surface area contributed by atoms with Gasteiger partial charge < -0.3 is 4.74 Å². The number of hydrogen-bond donors (Lipinski definition) is 0. The highest BCUT2D eigenvalue weighted by molar-refractivity contribution is 6.00. The lowest BCUT2D eigenvalue weighted by Crippen LogP contribution is -2.08. The molecule has 0 amide bonds. The van der Waals surface area contributed by atoms with Gasteiger partial charge in [0.1, 0.15) is 12.4 Å². The van der Waals surface area contributed by atoms with Crippen molar-refractivity contribution in [2.24, 2.45) is 0 Å². The topological polar surface area (TPSA) is 44.1 Å². The molecule has 0 aliphatic heterocycles. The van der Waals surface area contributed by atoms with E-state index in [0.717, 1.165) is 15.3 Å². The second-order valence-corrected chi connectivity index (χ2v) is 5.77. The van der Waals surface area contributed by atoms with E-state index in [9.17, 15) is 13.6 Å². The summed E-state index contributed by atoms with van der Waals surface area (Å²) in [6, 6.07) is 17.6. The molecule has 0 spiro atoms. The number of halogens is 2. The van der Waals surface area contributed by atoms with Crippen LogP contribution >= 0.6 is 0 Å². The Morgan fingerprint density at radius 3 is 2.62 bits per heavy atom. The first-order valence-electron chi connectivity index (χ1n) is 8.03. The molecule has 4 aromatic rings. The van der Waals surface area contributed by atoms with E-state index in [1.54, 1.807) is 30.3 Å². The van der Waals surface area contributed by atoms with Crippen molar-refractivity contribution in [3.8, 4) is 5.75 Å². The molecule has 0 bridgehead atoms. The average Bonchev–Trinajstić information content (AvgIpc) is 3.04. The number of carbonyl (C=O) groups is 1. The van der Waals surface area contributed by atoms with Crippen molar-refractivity contribution in [1.29, 1.82) is 0 Å². The monoisotopic (exact) mass is 352 g/mol. The Balaban J connectivity index is 1.72. The zero-order valence-corrected chi connectivity index (χ0v) is 13.6. The number of fused-ring (bicyclic) bond motifs is 2. The number of alkyl halides is 2. The first-order chi connectivity index (χ1) is 12.7. The van der Waals surface area contributed by atoms with Crippen LogP contribution in [0.2, 0.25) is 0 Å². The number of benzene rings is 3. The van der Waals surface area contributed by atoms with Crippen molar-refractivity contribution in [3.63, 3.8) is 0 Å². The van der Waals surface area contributed by atoms with Gasteiger partial charge in [-0.05, 0) is 29.0 Å². The Bertz CT molecular complexity index is 1110. The van der Waals surface area contributed by atoms with Crippen LogP contribution in [0.4, 0.5) is 8.78 Å². The molecule has 1 heterocycles. The van der Waals surface area contributed by atoms with Gasteiger partial charge in [-0.3, -0.25) is 9.36 Å². The summed E-state index contributed by atoms with van der Waals surface area (Å²) in [6.45, 7) is -2.90. The average molecular weight is 352 g/mol. The second kappa shape index (κ2) is 6.55. The quantitative estimate of drug-likeness (QED) is 0.476. The van der Waals surface area contributed by atoms with E-state index in [4.69, 9.17) is 4.74 Å². The molecule has 0 fully saturated rings. The van der Waals surface area contributed by atoms with Crippen LogP contribution in [0.1, 0.15) is 22.7 Å². The van der Waals surface area contributed by atoms with E-state index in [1.165, 1.54) is 0 Å². The lowest BCUT2D eigenvalue weighted by molar-refractivity contribution is 0.0676. The van der Waals surface area contributed by atoms with Gasteiger partial charge in [0.2, 0.25) is 0 Å². The number of ether oxygens (including phenoxy) is 1. The van der Waals surface area contributed by atoms with Gasteiger partial charge in [-0.2, -0.15) is 8.78 Å². The van der Waals surface area contributed by atoms with Gasteiger partial charge in [0, 0.05) is 0 Å². The summed E-state index contributed by atoms with van der Waals surface area (Å²) in [4.78, 5) is 15.8. The Hall–Kier alpha value is -3.28. The molecule has 1 aromatic heterocycles. The molecule has 26 heavy (non-hydrogen) atoms. The normalized spacial score (nSPS) is 11.3. The molecule has 130 valence electrons. The first kappa shape index (κ1) is 16.2. The maximum absolute atomic E-state index is 13.5. The Kier molecular flexibility index (Phi) is 4.08. The van der Waals surface area contributed by atoms with Crippen molar-refractivity contribution in [1.82, 2.24) is 9.55 Å². The SMILES string of the molecule is O=Cc1c(OCc2nc3ccccc3n2C(F)F)ccc2ccccc12. The molecule has 3 aromatic carbocycles. The van der Waals surface area contributed by atoms with Crippen molar-refractivity contribution in [2.45, 2.75) is 13.2 Å². The van der Waals surface area contributed by atoms with E-state index in [0.29, 0.717) is 28.6 Å². The van der Waals surface area contributed by atoms with Crippen LogP contribution in [-0.2, 0) is 6.61 Å². The maximum atomic E-state index is 13.5. The fourth-order valence-electron chi connectivity index (χ4n) is 3.08. The Labute approximate surface area is 147 Å². The largest absolute Gasteiger partial charge is 0.485 e. The van der Waals surface area contributed by atoms with Crippen molar-refractivity contribution in [3.05, 3.63) is 72.1 Å².